The Hall–Kier alpha value is -2.20. The fourth-order valence-electron chi connectivity index (χ4n) is 3.25. The zero-order valence-electron chi connectivity index (χ0n) is 12.8. The van der Waals surface area contributed by atoms with Gasteiger partial charge in [-0.15, -0.1) is 11.3 Å². The zero-order valence-corrected chi connectivity index (χ0v) is 13.6. The maximum atomic E-state index is 12.8. The van der Waals surface area contributed by atoms with Crippen LogP contribution in [0.1, 0.15) is 29.8 Å². The van der Waals surface area contributed by atoms with Crippen molar-refractivity contribution < 1.29 is 4.79 Å². The van der Waals surface area contributed by atoms with Crippen LogP contribution in [0.2, 0.25) is 0 Å². The summed E-state index contributed by atoms with van der Waals surface area (Å²) in [4.78, 5) is 17.4. The normalized spacial score (nSPS) is 16.0. The summed E-state index contributed by atoms with van der Waals surface area (Å²) in [5.41, 5.74) is 1.80. The number of para-hydroxylation sites is 1. The Morgan fingerprint density at radius 1 is 1.09 bits per heavy atom. The van der Waals surface area contributed by atoms with Crippen LogP contribution in [-0.2, 0) is 16.8 Å². The molecule has 0 aliphatic heterocycles. The predicted octanol–water partition coefficient (Wildman–Crippen LogP) is 4.03. The van der Waals surface area contributed by atoms with Gasteiger partial charge in [-0.2, -0.15) is 0 Å². The van der Waals surface area contributed by atoms with Crippen LogP contribution < -0.4 is 5.32 Å². The lowest BCUT2D eigenvalue weighted by atomic mass is 9.64. The van der Waals surface area contributed by atoms with E-state index in [4.69, 9.17) is 0 Å². The highest BCUT2D eigenvalue weighted by Gasteiger charge is 2.45. The van der Waals surface area contributed by atoms with Gasteiger partial charge in [-0.3, -0.25) is 4.79 Å². The van der Waals surface area contributed by atoms with Gasteiger partial charge in [-0.05, 0) is 30.5 Å². The Morgan fingerprint density at radius 3 is 2.52 bits per heavy atom. The molecular weight excluding hydrogens is 304 g/mol. The second kappa shape index (κ2) is 5.78. The molecule has 0 radical (unpaired) electrons. The van der Waals surface area contributed by atoms with Crippen molar-refractivity contribution in [1.82, 2.24) is 10.3 Å². The number of carbonyl (C=O) groups excluding carboxylic acids is 1. The molecule has 0 bridgehead atoms. The maximum Gasteiger partial charge on any atom is 0.231 e. The van der Waals surface area contributed by atoms with E-state index in [1.807, 2.05) is 36.4 Å². The molecule has 0 spiro atoms. The number of fused-ring (bicyclic) bond motifs is 1. The van der Waals surface area contributed by atoms with Gasteiger partial charge in [0.25, 0.3) is 0 Å². The summed E-state index contributed by atoms with van der Waals surface area (Å²) < 4.78 is 1.16. The number of hydrogen-bond acceptors (Lipinski definition) is 3. The van der Waals surface area contributed by atoms with E-state index in [-0.39, 0.29) is 11.3 Å². The first-order chi connectivity index (χ1) is 11.3. The second-order valence-electron chi connectivity index (χ2n) is 6.06. The van der Waals surface area contributed by atoms with Gasteiger partial charge in [0.05, 0.1) is 22.2 Å². The average Bonchev–Trinajstić information content (AvgIpc) is 2.96. The lowest BCUT2D eigenvalue weighted by molar-refractivity contribution is -0.130. The molecule has 0 saturated heterocycles. The van der Waals surface area contributed by atoms with Crippen LogP contribution in [-0.4, -0.2) is 10.9 Å². The largest absolute Gasteiger partial charge is 0.349 e. The van der Waals surface area contributed by atoms with Crippen LogP contribution in [0, 0.1) is 0 Å². The van der Waals surface area contributed by atoms with Crippen LogP contribution in [0.3, 0.4) is 0 Å². The minimum absolute atomic E-state index is 0.134. The summed E-state index contributed by atoms with van der Waals surface area (Å²) in [7, 11) is 0. The SMILES string of the molecule is O=C(NCc1nc2ccccc2s1)C1(c2ccccc2)CCC1. The van der Waals surface area contributed by atoms with Crippen molar-refractivity contribution >= 4 is 27.5 Å². The van der Waals surface area contributed by atoms with Gasteiger partial charge in [0.2, 0.25) is 5.91 Å². The predicted molar refractivity (Wildman–Crippen MR) is 93.4 cm³/mol. The van der Waals surface area contributed by atoms with E-state index in [2.05, 4.69) is 28.5 Å². The molecule has 1 aliphatic carbocycles. The van der Waals surface area contributed by atoms with E-state index >= 15 is 0 Å². The van der Waals surface area contributed by atoms with E-state index in [1.165, 1.54) is 0 Å². The molecule has 4 heteroatoms. The summed E-state index contributed by atoms with van der Waals surface area (Å²) in [6.07, 6.45) is 2.98. The summed E-state index contributed by atoms with van der Waals surface area (Å²) in [5.74, 6) is 0.134. The van der Waals surface area contributed by atoms with Crippen molar-refractivity contribution in [2.45, 2.75) is 31.2 Å². The Labute approximate surface area is 139 Å². The number of amides is 1. The van der Waals surface area contributed by atoms with Gasteiger partial charge in [-0.1, -0.05) is 48.9 Å². The highest BCUT2D eigenvalue weighted by molar-refractivity contribution is 7.18. The molecule has 23 heavy (non-hydrogen) atoms. The smallest absolute Gasteiger partial charge is 0.231 e. The van der Waals surface area contributed by atoms with Gasteiger partial charge >= 0.3 is 0 Å². The average molecular weight is 322 g/mol. The molecule has 1 fully saturated rings. The Balaban J connectivity index is 1.51. The molecule has 1 saturated carbocycles. The van der Waals surface area contributed by atoms with E-state index in [0.717, 1.165) is 40.1 Å². The van der Waals surface area contributed by atoms with E-state index in [1.54, 1.807) is 11.3 Å². The van der Waals surface area contributed by atoms with Gasteiger partial charge < -0.3 is 5.32 Å². The van der Waals surface area contributed by atoms with Crippen LogP contribution in [0.4, 0.5) is 0 Å². The minimum atomic E-state index is -0.335. The Bertz CT molecular complexity index is 804. The molecular formula is C19H18N2OS. The third-order valence-corrected chi connectivity index (χ3v) is 5.74. The number of rotatable bonds is 4. The molecule has 1 aromatic heterocycles. The molecule has 3 aromatic rings. The maximum absolute atomic E-state index is 12.8. The van der Waals surface area contributed by atoms with Crippen LogP contribution in [0.15, 0.2) is 54.6 Å². The first-order valence-electron chi connectivity index (χ1n) is 7.96. The number of hydrogen-bond donors (Lipinski definition) is 1. The number of aromatic nitrogens is 1. The van der Waals surface area contributed by atoms with Crippen molar-refractivity contribution in [3.63, 3.8) is 0 Å². The highest BCUT2D eigenvalue weighted by Crippen LogP contribution is 2.43. The number of nitrogens with one attached hydrogen (secondary N) is 1. The molecule has 4 rings (SSSR count). The van der Waals surface area contributed by atoms with Crippen molar-refractivity contribution in [3.8, 4) is 0 Å². The molecule has 1 heterocycles. The lowest BCUT2D eigenvalue weighted by Gasteiger charge is -2.40. The number of thiazole rings is 1. The third-order valence-electron chi connectivity index (χ3n) is 4.71. The summed E-state index contributed by atoms with van der Waals surface area (Å²) >= 11 is 1.65. The third kappa shape index (κ3) is 2.53. The summed E-state index contributed by atoms with van der Waals surface area (Å²) in [6, 6.07) is 18.2. The molecule has 0 atom stereocenters. The molecule has 1 N–H and O–H groups in total. The van der Waals surface area contributed by atoms with Crippen LogP contribution >= 0.6 is 11.3 Å². The Kier molecular flexibility index (Phi) is 3.62. The molecule has 2 aromatic carbocycles. The van der Waals surface area contributed by atoms with E-state index in [9.17, 15) is 4.79 Å². The lowest BCUT2D eigenvalue weighted by Crippen LogP contribution is -2.48. The molecule has 3 nitrogen and oxygen atoms in total. The first kappa shape index (κ1) is 14.4. The second-order valence-corrected chi connectivity index (χ2v) is 7.17. The van der Waals surface area contributed by atoms with E-state index < -0.39 is 0 Å². The monoisotopic (exact) mass is 322 g/mol. The fourth-order valence-corrected chi connectivity index (χ4v) is 4.16. The first-order valence-corrected chi connectivity index (χ1v) is 8.78. The summed E-state index contributed by atoms with van der Waals surface area (Å²) in [6.45, 7) is 0.507. The number of benzene rings is 2. The van der Waals surface area contributed by atoms with E-state index in [0.29, 0.717) is 6.54 Å². The van der Waals surface area contributed by atoms with Gasteiger partial charge in [0.1, 0.15) is 5.01 Å². The molecule has 116 valence electrons. The van der Waals surface area contributed by atoms with Gasteiger partial charge in [0.15, 0.2) is 0 Å². The van der Waals surface area contributed by atoms with Crippen molar-refractivity contribution in [2.75, 3.05) is 0 Å². The van der Waals surface area contributed by atoms with Crippen LogP contribution in [0.25, 0.3) is 10.2 Å². The molecule has 0 unspecified atom stereocenters. The molecule has 1 aliphatic rings. The number of nitrogens with zero attached hydrogens (tertiary/aromatic N) is 1. The minimum Gasteiger partial charge on any atom is -0.349 e. The van der Waals surface area contributed by atoms with Crippen molar-refractivity contribution in [2.24, 2.45) is 0 Å². The van der Waals surface area contributed by atoms with Crippen molar-refractivity contribution in [1.29, 1.82) is 0 Å². The Morgan fingerprint density at radius 2 is 1.83 bits per heavy atom. The molecule has 1 amide bonds. The van der Waals surface area contributed by atoms with Gasteiger partial charge in [-0.25, -0.2) is 4.98 Å². The fraction of sp³-hybridized carbons (Fsp3) is 0.263. The number of carbonyl (C=O) groups is 1. The zero-order chi connectivity index (χ0) is 15.7. The van der Waals surface area contributed by atoms with Crippen molar-refractivity contribution in [3.05, 3.63) is 65.2 Å². The standard InChI is InChI=1S/C19H18N2OS/c22-18(19(11-6-12-19)14-7-2-1-3-8-14)20-13-17-21-15-9-4-5-10-16(15)23-17/h1-5,7-10H,6,11-13H2,(H,20,22). The highest BCUT2D eigenvalue weighted by atomic mass is 32.1. The topological polar surface area (TPSA) is 42.0 Å². The van der Waals surface area contributed by atoms with Gasteiger partial charge in [0, 0.05) is 0 Å². The quantitative estimate of drug-likeness (QED) is 0.788. The van der Waals surface area contributed by atoms with Crippen LogP contribution in [0.5, 0.6) is 0 Å². The summed E-state index contributed by atoms with van der Waals surface area (Å²) in [5, 5.41) is 4.07.